The summed E-state index contributed by atoms with van der Waals surface area (Å²) in [7, 11) is 3.64. The van der Waals surface area contributed by atoms with Gasteiger partial charge in [-0.05, 0) is 26.2 Å². The predicted octanol–water partition coefficient (Wildman–Crippen LogP) is 1.27. The topological polar surface area (TPSA) is 80.0 Å². The SMILES string of the molecule is CN=C(NCCCCc1nc(C)cs1)NCc1ncnn1C. The zero-order valence-corrected chi connectivity index (χ0v) is 14.2. The number of hydrogen-bond acceptors (Lipinski definition) is 5. The summed E-state index contributed by atoms with van der Waals surface area (Å²) in [5.74, 6) is 1.66. The minimum absolute atomic E-state index is 0.606. The van der Waals surface area contributed by atoms with Gasteiger partial charge in [-0.15, -0.1) is 11.3 Å². The molecular formula is C14H23N7S. The molecule has 0 amide bonds. The largest absolute Gasteiger partial charge is 0.356 e. The number of unbranched alkanes of at least 4 members (excludes halogenated alkanes) is 1. The Balaban J connectivity index is 1.61. The van der Waals surface area contributed by atoms with Crippen molar-refractivity contribution in [3.63, 3.8) is 0 Å². The Labute approximate surface area is 134 Å². The van der Waals surface area contributed by atoms with Crippen LogP contribution in [0.15, 0.2) is 16.7 Å². The van der Waals surface area contributed by atoms with Crippen LogP contribution in [0.3, 0.4) is 0 Å². The first-order chi connectivity index (χ1) is 10.7. The van der Waals surface area contributed by atoms with Crippen LogP contribution in [0.2, 0.25) is 0 Å². The first-order valence-corrected chi connectivity index (χ1v) is 8.25. The number of aryl methyl sites for hydroxylation is 3. The van der Waals surface area contributed by atoms with Gasteiger partial charge in [0.15, 0.2) is 5.96 Å². The lowest BCUT2D eigenvalue weighted by molar-refractivity contribution is 0.661. The smallest absolute Gasteiger partial charge is 0.191 e. The van der Waals surface area contributed by atoms with Crippen molar-refractivity contribution in [2.24, 2.45) is 12.0 Å². The summed E-state index contributed by atoms with van der Waals surface area (Å²) >= 11 is 1.74. The molecule has 0 bridgehead atoms. The molecule has 0 spiro atoms. The maximum absolute atomic E-state index is 4.47. The fourth-order valence-corrected chi connectivity index (χ4v) is 2.81. The third kappa shape index (κ3) is 5.10. The van der Waals surface area contributed by atoms with Gasteiger partial charge in [-0.1, -0.05) is 0 Å². The highest BCUT2D eigenvalue weighted by Gasteiger charge is 2.03. The van der Waals surface area contributed by atoms with Gasteiger partial charge in [-0.25, -0.2) is 9.97 Å². The van der Waals surface area contributed by atoms with Crippen molar-refractivity contribution in [2.45, 2.75) is 32.7 Å². The zero-order valence-electron chi connectivity index (χ0n) is 13.3. The highest BCUT2D eigenvalue weighted by Crippen LogP contribution is 2.11. The standard InChI is InChI=1S/C14H23N7S/c1-11-9-22-13(20-11)6-4-5-7-16-14(15-2)17-8-12-18-10-19-21(12)3/h9-10H,4-8H2,1-3H3,(H2,15,16,17). The van der Waals surface area contributed by atoms with Gasteiger partial charge in [0.1, 0.15) is 12.2 Å². The van der Waals surface area contributed by atoms with Gasteiger partial charge in [0.25, 0.3) is 0 Å². The molecule has 0 aliphatic heterocycles. The van der Waals surface area contributed by atoms with Crippen LogP contribution in [0.25, 0.3) is 0 Å². The minimum Gasteiger partial charge on any atom is -0.356 e. The Kier molecular flexibility index (Phi) is 6.32. The summed E-state index contributed by atoms with van der Waals surface area (Å²) in [5.41, 5.74) is 1.12. The molecule has 0 saturated carbocycles. The first-order valence-electron chi connectivity index (χ1n) is 7.37. The highest BCUT2D eigenvalue weighted by molar-refractivity contribution is 7.09. The summed E-state index contributed by atoms with van der Waals surface area (Å²) in [6, 6.07) is 0. The van der Waals surface area contributed by atoms with Crippen LogP contribution in [-0.4, -0.2) is 39.3 Å². The number of rotatable bonds is 7. The van der Waals surface area contributed by atoms with Crippen LogP contribution < -0.4 is 10.6 Å². The molecule has 22 heavy (non-hydrogen) atoms. The quantitative estimate of drug-likeness (QED) is 0.456. The van der Waals surface area contributed by atoms with Crippen molar-refractivity contribution in [3.05, 3.63) is 28.2 Å². The minimum atomic E-state index is 0.606. The van der Waals surface area contributed by atoms with Crippen LogP contribution >= 0.6 is 11.3 Å². The number of aliphatic imine (C=N–C) groups is 1. The van der Waals surface area contributed by atoms with E-state index in [-0.39, 0.29) is 0 Å². The van der Waals surface area contributed by atoms with Crippen molar-refractivity contribution in [2.75, 3.05) is 13.6 Å². The molecule has 2 rings (SSSR count). The van der Waals surface area contributed by atoms with E-state index >= 15 is 0 Å². The van der Waals surface area contributed by atoms with Crippen LogP contribution in [0.1, 0.15) is 29.4 Å². The summed E-state index contributed by atoms with van der Waals surface area (Å²) in [6.07, 6.45) is 4.81. The van der Waals surface area contributed by atoms with Gasteiger partial charge in [0.2, 0.25) is 0 Å². The van der Waals surface area contributed by atoms with Crippen molar-refractivity contribution in [3.8, 4) is 0 Å². The van der Waals surface area contributed by atoms with Gasteiger partial charge >= 0.3 is 0 Å². The molecule has 7 nitrogen and oxygen atoms in total. The van der Waals surface area contributed by atoms with E-state index in [0.29, 0.717) is 6.54 Å². The van der Waals surface area contributed by atoms with Crippen LogP contribution in [0.5, 0.6) is 0 Å². The van der Waals surface area contributed by atoms with E-state index in [2.05, 4.69) is 36.1 Å². The Morgan fingerprint density at radius 2 is 2.23 bits per heavy atom. The van der Waals surface area contributed by atoms with E-state index in [1.54, 1.807) is 29.4 Å². The Bertz CT molecular complexity index is 602. The van der Waals surface area contributed by atoms with Crippen molar-refractivity contribution in [1.82, 2.24) is 30.4 Å². The highest BCUT2D eigenvalue weighted by atomic mass is 32.1. The average Bonchev–Trinajstić information content (AvgIpc) is 3.10. The molecular weight excluding hydrogens is 298 g/mol. The first kappa shape index (κ1) is 16.4. The third-order valence-corrected chi connectivity index (χ3v) is 4.25. The average molecular weight is 321 g/mol. The second kappa shape index (κ2) is 8.47. The predicted molar refractivity (Wildman–Crippen MR) is 89.0 cm³/mol. The fraction of sp³-hybridized carbons (Fsp3) is 0.571. The van der Waals surface area contributed by atoms with Crippen molar-refractivity contribution < 1.29 is 0 Å². The lowest BCUT2D eigenvalue weighted by atomic mass is 10.2. The number of nitrogens with one attached hydrogen (secondary N) is 2. The van der Waals surface area contributed by atoms with Gasteiger partial charge < -0.3 is 10.6 Å². The van der Waals surface area contributed by atoms with Gasteiger partial charge in [0.05, 0.1) is 11.6 Å². The van der Waals surface area contributed by atoms with Gasteiger partial charge in [0, 0.05) is 31.7 Å². The molecule has 0 aliphatic rings. The lowest BCUT2D eigenvalue weighted by Gasteiger charge is -2.11. The van der Waals surface area contributed by atoms with E-state index in [0.717, 1.165) is 43.3 Å². The monoisotopic (exact) mass is 321 g/mol. The van der Waals surface area contributed by atoms with Crippen LogP contribution in [0, 0.1) is 6.92 Å². The molecule has 0 fully saturated rings. The third-order valence-electron chi connectivity index (χ3n) is 3.22. The number of hydrogen-bond donors (Lipinski definition) is 2. The molecule has 2 aromatic rings. The van der Waals surface area contributed by atoms with Gasteiger partial charge in [-0.2, -0.15) is 5.10 Å². The molecule has 0 radical (unpaired) electrons. The summed E-state index contributed by atoms with van der Waals surface area (Å²) in [5, 5.41) is 13.9. The number of aromatic nitrogens is 4. The molecule has 8 heteroatoms. The van der Waals surface area contributed by atoms with E-state index in [4.69, 9.17) is 0 Å². The van der Waals surface area contributed by atoms with E-state index < -0.39 is 0 Å². The van der Waals surface area contributed by atoms with Crippen LogP contribution in [0.4, 0.5) is 0 Å². The molecule has 0 aromatic carbocycles. The normalized spacial score (nSPS) is 11.7. The number of guanidine groups is 1. The van der Waals surface area contributed by atoms with E-state index in [1.807, 2.05) is 14.0 Å². The Morgan fingerprint density at radius 1 is 1.36 bits per heavy atom. The lowest BCUT2D eigenvalue weighted by Crippen LogP contribution is -2.37. The maximum Gasteiger partial charge on any atom is 0.191 e. The molecule has 2 aromatic heterocycles. The zero-order chi connectivity index (χ0) is 15.8. The van der Waals surface area contributed by atoms with Gasteiger partial charge in [-0.3, -0.25) is 9.67 Å². The summed E-state index contributed by atoms with van der Waals surface area (Å²) in [4.78, 5) is 12.8. The van der Waals surface area contributed by atoms with Crippen LogP contribution in [-0.2, 0) is 20.0 Å². The number of thiazole rings is 1. The molecule has 0 atom stereocenters. The summed E-state index contributed by atoms with van der Waals surface area (Å²) in [6.45, 7) is 3.53. The van der Waals surface area contributed by atoms with E-state index in [9.17, 15) is 0 Å². The molecule has 0 aliphatic carbocycles. The molecule has 0 saturated heterocycles. The molecule has 2 heterocycles. The molecule has 120 valence electrons. The fourth-order valence-electron chi connectivity index (χ4n) is 1.99. The summed E-state index contributed by atoms with van der Waals surface area (Å²) < 4.78 is 1.75. The Hall–Kier alpha value is -1.96. The molecule has 0 unspecified atom stereocenters. The maximum atomic E-state index is 4.47. The van der Waals surface area contributed by atoms with Crippen molar-refractivity contribution in [1.29, 1.82) is 0 Å². The number of nitrogens with zero attached hydrogens (tertiary/aromatic N) is 5. The Morgan fingerprint density at radius 3 is 2.86 bits per heavy atom. The molecule has 2 N–H and O–H groups in total. The second-order valence-electron chi connectivity index (χ2n) is 4.99. The van der Waals surface area contributed by atoms with E-state index in [1.165, 1.54) is 5.01 Å². The second-order valence-corrected chi connectivity index (χ2v) is 5.93. The van der Waals surface area contributed by atoms with Crippen molar-refractivity contribution >= 4 is 17.3 Å².